The number of anilines is 3. The fourth-order valence-electron chi connectivity index (χ4n) is 3.13. The molecule has 0 atom stereocenters. The third kappa shape index (κ3) is 4.15. The van der Waals surface area contributed by atoms with E-state index in [0.29, 0.717) is 41.8 Å². The number of nitro groups is 1. The van der Waals surface area contributed by atoms with Crippen LogP contribution in [0, 0.1) is 17.0 Å². The number of hydrogen-bond acceptors (Lipinski definition) is 9. The lowest BCUT2D eigenvalue weighted by Crippen LogP contribution is -2.17. The Bertz CT molecular complexity index is 1270. The van der Waals surface area contributed by atoms with Crippen LogP contribution in [0.3, 0.4) is 0 Å². The molecule has 1 aromatic carbocycles. The summed E-state index contributed by atoms with van der Waals surface area (Å²) in [6.45, 7) is 2.88. The molecule has 0 spiro atoms. The lowest BCUT2D eigenvalue weighted by Gasteiger charge is -2.12. The number of aryl methyl sites for hydroxylation is 1. The third-order valence-corrected chi connectivity index (χ3v) is 4.63. The van der Waals surface area contributed by atoms with Gasteiger partial charge in [0, 0.05) is 43.2 Å². The number of nitrogens with two attached hydrogens (primary N) is 1. The van der Waals surface area contributed by atoms with Gasteiger partial charge in [-0.3, -0.25) is 14.5 Å². The predicted octanol–water partition coefficient (Wildman–Crippen LogP) is 2.82. The van der Waals surface area contributed by atoms with Crippen LogP contribution in [0.25, 0.3) is 16.9 Å². The van der Waals surface area contributed by atoms with Gasteiger partial charge in [-0.25, -0.2) is 15.0 Å². The highest BCUT2D eigenvalue weighted by Gasteiger charge is 2.13. The molecule has 0 aliphatic carbocycles. The zero-order chi connectivity index (χ0) is 22.0. The van der Waals surface area contributed by atoms with E-state index in [1.54, 1.807) is 22.9 Å². The van der Waals surface area contributed by atoms with E-state index in [2.05, 4.69) is 25.6 Å². The normalized spacial score (nSPS) is 10.9. The Hall–Kier alpha value is -4.41. The predicted molar refractivity (Wildman–Crippen MR) is 117 cm³/mol. The van der Waals surface area contributed by atoms with Crippen molar-refractivity contribution in [1.29, 1.82) is 0 Å². The number of phenolic OH excluding ortho intramolecular Hbond substituents is 1. The molecule has 0 saturated heterocycles. The Balaban J connectivity index is 1.50. The van der Waals surface area contributed by atoms with Crippen molar-refractivity contribution < 1.29 is 10.0 Å². The summed E-state index contributed by atoms with van der Waals surface area (Å²) in [6, 6.07) is 9.96. The maximum atomic E-state index is 10.8. The van der Waals surface area contributed by atoms with Gasteiger partial charge >= 0.3 is 5.69 Å². The topological polar surface area (TPSA) is 157 Å². The minimum absolute atomic E-state index is 0.142. The first-order valence-electron chi connectivity index (χ1n) is 9.45. The monoisotopic (exact) mass is 420 g/mol. The average molecular weight is 420 g/mol. The van der Waals surface area contributed by atoms with Crippen molar-refractivity contribution in [2.75, 3.05) is 29.5 Å². The van der Waals surface area contributed by atoms with Crippen LogP contribution in [-0.2, 0) is 0 Å². The molecule has 0 aliphatic heterocycles. The Morgan fingerprint density at radius 1 is 1.16 bits per heavy atom. The molecule has 0 bridgehead atoms. The second-order valence-electron chi connectivity index (χ2n) is 6.85. The number of aromatic hydroxyl groups is 1. The fraction of sp³-hybridized carbons (Fsp3) is 0.150. The Kier molecular flexibility index (Phi) is 5.22. The summed E-state index contributed by atoms with van der Waals surface area (Å²) in [7, 11) is 0. The number of pyridine rings is 1. The zero-order valence-electron chi connectivity index (χ0n) is 16.6. The molecule has 158 valence electrons. The number of nitrogens with zero attached hydrogens (tertiary/aromatic N) is 5. The van der Waals surface area contributed by atoms with Gasteiger partial charge < -0.3 is 21.5 Å². The van der Waals surface area contributed by atoms with Gasteiger partial charge in [-0.1, -0.05) is 11.6 Å². The molecule has 0 unspecified atom stereocenters. The molecule has 4 aromatic rings. The van der Waals surface area contributed by atoms with Crippen molar-refractivity contribution in [3.05, 3.63) is 64.5 Å². The van der Waals surface area contributed by atoms with E-state index >= 15 is 0 Å². The second-order valence-corrected chi connectivity index (χ2v) is 6.85. The van der Waals surface area contributed by atoms with E-state index < -0.39 is 4.92 Å². The van der Waals surface area contributed by atoms with E-state index in [1.807, 2.05) is 25.1 Å². The Labute approximate surface area is 176 Å². The second kappa shape index (κ2) is 8.14. The molecule has 0 aliphatic rings. The van der Waals surface area contributed by atoms with Crippen LogP contribution in [0.15, 0.2) is 48.8 Å². The molecule has 5 N–H and O–H groups in total. The van der Waals surface area contributed by atoms with Crippen LogP contribution in [0.4, 0.5) is 23.3 Å². The minimum Gasteiger partial charge on any atom is -0.507 e. The van der Waals surface area contributed by atoms with E-state index in [0.717, 1.165) is 5.56 Å². The van der Waals surface area contributed by atoms with Crippen molar-refractivity contribution in [2.24, 2.45) is 0 Å². The van der Waals surface area contributed by atoms with Gasteiger partial charge in [0.1, 0.15) is 17.2 Å². The summed E-state index contributed by atoms with van der Waals surface area (Å²) in [5.74, 6) is 0.992. The van der Waals surface area contributed by atoms with Gasteiger partial charge in [-0.15, -0.1) is 0 Å². The number of nitrogen functional groups attached to an aromatic ring is 1. The Morgan fingerprint density at radius 3 is 2.74 bits per heavy atom. The summed E-state index contributed by atoms with van der Waals surface area (Å²) in [6.07, 6.45) is 3.46. The van der Waals surface area contributed by atoms with Crippen molar-refractivity contribution in [2.45, 2.75) is 6.92 Å². The standard InChI is InChI=1S/C20H20N8O3/c1-12-2-4-16(29)13(10-12)14-11-18-23-8-9-27(18)20(25-14)24-7-6-22-17-5-3-15(28(30)31)19(21)26-17/h2-5,8-11,29H,6-7H2,1H3,(H,24,25)(H3,21,22,26). The minimum atomic E-state index is -0.575. The van der Waals surface area contributed by atoms with Gasteiger partial charge in [-0.2, -0.15) is 0 Å². The molecule has 11 nitrogen and oxygen atoms in total. The van der Waals surface area contributed by atoms with Crippen LogP contribution in [-0.4, -0.2) is 42.5 Å². The largest absolute Gasteiger partial charge is 0.507 e. The van der Waals surface area contributed by atoms with Crippen molar-refractivity contribution in [3.8, 4) is 17.0 Å². The number of phenols is 1. The number of hydrogen-bond donors (Lipinski definition) is 4. The van der Waals surface area contributed by atoms with Crippen LogP contribution in [0.5, 0.6) is 5.75 Å². The van der Waals surface area contributed by atoms with Gasteiger partial charge in [0.25, 0.3) is 0 Å². The van der Waals surface area contributed by atoms with E-state index in [-0.39, 0.29) is 17.3 Å². The summed E-state index contributed by atoms with van der Waals surface area (Å²) < 4.78 is 1.80. The molecule has 11 heteroatoms. The summed E-state index contributed by atoms with van der Waals surface area (Å²) in [5, 5.41) is 27.4. The number of nitrogens with one attached hydrogen (secondary N) is 2. The summed E-state index contributed by atoms with van der Waals surface area (Å²) in [5.41, 5.74) is 8.30. The molecule has 4 rings (SSSR count). The molecule has 0 saturated carbocycles. The summed E-state index contributed by atoms with van der Waals surface area (Å²) in [4.78, 5) is 23.2. The molecule has 31 heavy (non-hydrogen) atoms. The fourth-order valence-corrected chi connectivity index (χ4v) is 3.13. The highest BCUT2D eigenvalue weighted by atomic mass is 16.6. The van der Waals surface area contributed by atoms with Gasteiger partial charge in [-0.05, 0) is 25.1 Å². The highest BCUT2D eigenvalue weighted by Crippen LogP contribution is 2.30. The SMILES string of the molecule is Cc1ccc(O)c(-c2cc3nccn3c(NCCNc3ccc([N+](=O)[O-])c(N)n3)n2)c1. The molecule has 0 radical (unpaired) electrons. The van der Waals surface area contributed by atoms with Crippen LogP contribution in [0.1, 0.15) is 5.56 Å². The average Bonchev–Trinajstić information content (AvgIpc) is 3.21. The number of fused-ring (bicyclic) bond motifs is 1. The van der Waals surface area contributed by atoms with Gasteiger partial charge in [0.05, 0.1) is 10.6 Å². The number of rotatable bonds is 7. The van der Waals surface area contributed by atoms with Crippen molar-refractivity contribution in [3.63, 3.8) is 0 Å². The van der Waals surface area contributed by atoms with E-state index in [4.69, 9.17) is 5.73 Å². The van der Waals surface area contributed by atoms with Crippen LogP contribution >= 0.6 is 0 Å². The number of benzene rings is 1. The molecule has 3 aromatic heterocycles. The Morgan fingerprint density at radius 2 is 1.97 bits per heavy atom. The molecular formula is C20H20N8O3. The zero-order valence-corrected chi connectivity index (χ0v) is 16.6. The van der Waals surface area contributed by atoms with Gasteiger partial charge in [0.2, 0.25) is 11.8 Å². The van der Waals surface area contributed by atoms with Crippen molar-refractivity contribution in [1.82, 2.24) is 19.4 Å². The first kappa shape index (κ1) is 19.9. The molecule has 0 amide bonds. The number of aromatic nitrogens is 4. The first-order valence-corrected chi connectivity index (χ1v) is 9.45. The first-order chi connectivity index (χ1) is 14.9. The van der Waals surface area contributed by atoms with Crippen LogP contribution < -0.4 is 16.4 Å². The lowest BCUT2D eigenvalue weighted by atomic mass is 10.1. The maximum absolute atomic E-state index is 10.8. The van der Waals surface area contributed by atoms with E-state index in [9.17, 15) is 15.2 Å². The van der Waals surface area contributed by atoms with E-state index in [1.165, 1.54) is 12.1 Å². The smallest absolute Gasteiger partial charge is 0.311 e. The maximum Gasteiger partial charge on any atom is 0.311 e. The lowest BCUT2D eigenvalue weighted by molar-refractivity contribution is -0.384. The highest BCUT2D eigenvalue weighted by molar-refractivity contribution is 5.71. The van der Waals surface area contributed by atoms with Crippen molar-refractivity contribution >= 4 is 28.9 Å². The molecule has 3 heterocycles. The summed E-state index contributed by atoms with van der Waals surface area (Å²) >= 11 is 0. The number of imidazole rings is 1. The van der Waals surface area contributed by atoms with Crippen LogP contribution in [0.2, 0.25) is 0 Å². The molecule has 0 fully saturated rings. The quantitative estimate of drug-likeness (QED) is 0.200. The van der Waals surface area contributed by atoms with Gasteiger partial charge in [0.15, 0.2) is 0 Å². The molecular weight excluding hydrogens is 400 g/mol. The third-order valence-electron chi connectivity index (χ3n) is 4.63.